The van der Waals surface area contributed by atoms with Crippen molar-refractivity contribution in [1.82, 2.24) is 21.3 Å². The SMILES string of the molecule is CC(C)COC(=O)CNC(=O)[C@H](CS)NC(=O)NC[C@H](NC(=O)OC(C)(C)C)C(=O)OCC(C)C. The summed E-state index contributed by atoms with van der Waals surface area (Å²) in [5.41, 5.74) is -0.796. The Morgan fingerprint density at radius 1 is 0.829 bits per heavy atom. The lowest BCUT2D eigenvalue weighted by atomic mass is 10.2. The zero-order valence-electron chi connectivity index (χ0n) is 21.6. The molecule has 0 bridgehead atoms. The van der Waals surface area contributed by atoms with Gasteiger partial charge < -0.3 is 35.5 Å². The number of urea groups is 1. The second-order valence-corrected chi connectivity index (χ2v) is 9.97. The van der Waals surface area contributed by atoms with Gasteiger partial charge in [0.15, 0.2) is 0 Å². The first kappa shape index (κ1) is 32.3. The van der Waals surface area contributed by atoms with Crippen molar-refractivity contribution in [1.29, 1.82) is 0 Å². The fourth-order valence-electron chi connectivity index (χ4n) is 2.18. The molecule has 35 heavy (non-hydrogen) atoms. The first-order chi connectivity index (χ1) is 16.1. The maximum atomic E-state index is 12.4. The van der Waals surface area contributed by atoms with E-state index >= 15 is 0 Å². The normalized spacial score (nSPS) is 12.9. The van der Waals surface area contributed by atoms with E-state index in [2.05, 4.69) is 33.9 Å². The van der Waals surface area contributed by atoms with Crippen LogP contribution in [0.1, 0.15) is 48.5 Å². The van der Waals surface area contributed by atoms with Crippen LogP contribution in [0.4, 0.5) is 9.59 Å². The fourth-order valence-corrected chi connectivity index (χ4v) is 2.44. The number of thiol groups is 1. The highest BCUT2D eigenvalue weighted by atomic mass is 32.1. The Morgan fingerprint density at radius 3 is 1.91 bits per heavy atom. The maximum absolute atomic E-state index is 12.4. The Hall–Kier alpha value is -2.70. The molecule has 0 aromatic rings. The van der Waals surface area contributed by atoms with Gasteiger partial charge in [-0.25, -0.2) is 14.4 Å². The standard InChI is InChI=1S/C22H40N4O8S/c1-13(2)10-32-17(27)9-23-18(28)16(12-35)25-20(30)24-8-15(19(29)33-11-14(3)4)26-21(31)34-22(5,6)7/h13-16,35H,8-12H2,1-7H3,(H,23,28)(H,26,31)(H2,24,25,30)/t15-,16-/m0/s1. The van der Waals surface area contributed by atoms with Crippen molar-refractivity contribution >= 4 is 42.6 Å². The van der Waals surface area contributed by atoms with E-state index in [9.17, 15) is 24.0 Å². The maximum Gasteiger partial charge on any atom is 0.408 e. The molecule has 4 N–H and O–H groups in total. The first-order valence-corrected chi connectivity index (χ1v) is 12.0. The molecule has 0 aliphatic rings. The van der Waals surface area contributed by atoms with E-state index < -0.39 is 47.7 Å². The van der Waals surface area contributed by atoms with Crippen LogP contribution in [0.2, 0.25) is 0 Å². The summed E-state index contributed by atoms with van der Waals surface area (Å²) in [6.07, 6.45) is -0.858. The van der Waals surface area contributed by atoms with Crippen molar-refractivity contribution in [3.8, 4) is 0 Å². The molecule has 12 nitrogen and oxygen atoms in total. The molecule has 0 radical (unpaired) electrons. The average Bonchev–Trinajstić information content (AvgIpc) is 2.73. The van der Waals surface area contributed by atoms with Crippen LogP contribution in [0, 0.1) is 11.8 Å². The number of amides is 4. The van der Waals surface area contributed by atoms with Crippen LogP contribution in [0.15, 0.2) is 0 Å². The van der Waals surface area contributed by atoms with Crippen molar-refractivity contribution < 1.29 is 38.2 Å². The topological polar surface area (TPSA) is 161 Å². The molecule has 0 unspecified atom stereocenters. The Labute approximate surface area is 212 Å². The van der Waals surface area contributed by atoms with E-state index in [1.54, 1.807) is 20.8 Å². The van der Waals surface area contributed by atoms with Crippen molar-refractivity contribution in [2.45, 2.75) is 66.2 Å². The molecule has 0 aliphatic heterocycles. The average molecular weight is 521 g/mol. The van der Waals surface area contributed by atoms with Crippen LogP contribution >= 0.6 is 12.6 Å². The van der Waals surface area contributed by atoms with Gasteiger partial charge >= 0.3 is 24.1 Å². The van der Waals surface area contributed by atoms with Gasteiger partial charge in [-0.05, 0) is 32.6 Å². The predicted octanol–water partition coefficient (Wildman–Crippen LogP) is 0.992. The van der Waals surface area contributed by atoms with Gasteiger partial charge in [0, 0.05) is 5.75 Å². The molecule has 0 saturated carbocycles. The van der Waals surface area contributed by atoms with E-state index in [0.717, 1.165) is 0 Å². The summed E-state index contributed by atoms with van der Waals surface area (Å²) in [5.74, 6) is -1.85. The van der Waals surface area contributed by atoms with Gasteiger partial charge in [0.1, 0.15) is 24.2 Å². The number of alkyl carbamates (subject to hydrolysis) is 1. The molecule has 0 saturated heterocycles. The number of esters is 2. The van der Waals surface area contributed by atoms with E-state index in [1.165, 1.54) is 0 Å². The van der Waals surface area contributed by atoms with Gasteiger partial charge in [0.2, 0.25) is 5.91 Å². The molecule has 0 spiro atoms. The minimum Gasteiger partial charge on any atom is -0.464 e. The quantitative estimate of drug-likeness (QED) is 0.136. The van der Waals surface area contributed by atoms with Gasteiger partial charge in [0.05, 0.1) is 19.8 Å². The van der Waals surface area contributed by atoms with Gasteiger partial charge in [0.25, 0.3) is 0 Å². The number of hydrogen-bond donors (Lipinski definition) is 5. The monoisotopic (exact) mass is 520 g/mol. The molecular weight excluding hydrogens is 480 g/mol. The summed E-state index contributed by atoms with van der Waals surface area (Å²) in [6, 6.07) is -3.09. The zero-order chi connectivity index (χ0) is 27.2. The van der Waals surface area contributed by atoms with Crippen molar-refractivity contribution in [3.05, 3.63) is 0 Å². The van der Waals surface area contributed by atoms with Gasteiger partial charge in [-0.2, -0.15) is 12.6 Å². The largest absolute Gasteiger partial charge is 0.464 e. The number of rotatable bonds is 13. The molecule has 202 valence electrons. The molecular formula is C22H40N4O8S. The van der Waals surface area contributed by atoms with Crippen molar-refractivity contribution in [2.75, 3.05) is 32.1 Å². The van der Waals surface area contributed by atoms with Gasteiger partial charge in [-0.15, -0.1) is 0 Å². The smallest absolute Gasteiger partial charge is 0.408 e. The second kappa shape index (κ2) is 16.1. The second-order valence-electron chi connectivity index (χ2n) is 9.61. The molecule has 0 aromatic carbocycles. The van der Waals surface area contributed by atoms with E-state index in [-0.39, 0.29) is 43.9 Å². The summed E-state index contributed by atoms with van der Waals surface area (Å²) in [4.78, 5) is 60.8. The van der Waals surface area contributed by atoms with Crippen molar-refractivity contribution in [3.63, 3.8) is 0 Å². The summed E-state index contributed by atoms with van der Waals surface area (Å²) in [5, 5.41) is 9.54. The summed E-state index contributed by atoms with van der Waals surface area (Å²) in [6.45, 7) is 12.1. The molecule has 0 heterocycles. The van der Waals surface area contributed by atoms with Crippen LogP contribution in [0.25, 0.3) is 0 Å². The summed E-state index contributed by atoms with van der Waals surface area (Å²) < 4.78 is 15.3. The number of carbonyl (C=O) groups excluding carboxylic acids is 5. The molecule has 13 heteroatoms. The number of ether oxygens (including phenoxy) is 3. The summed E-state index contributed by atoms with van der Waals surface area (Å²) in [7, 11) is 0. The first-order valence-electron chi connectivity index (χ1n) is 11.4. The zero-order valence-corrected chi connectivity index (χ0v) is 22.5. The molecule has 0 rings (SSSR count). The molecule has 0 aliphatic carbocycles. The molecule has 0 aromatic heterocycles. The molecule has 0 fully saturated rings. The third kappa shape index (κ3) is 16.5. The van der Waals surface area contributed by atoms with Crippen LogP contribution in [-0.4, -0.2) is 79.7 Å². The fraction of sp³-hybridized carbons (Fsp3) is 0.773. The Balaban J connectivity index is 4.89. The highest BCUT2D eigenvalue weighted by Gasteiger charge is 2.27. The highest BCUT2D eigenvalue weighted by Crippen LogP contribution is 2.07. The molecule has 4 amide bonds. The number of hydrogen-bond acceptors (Lipinski definition) is 9. The number of nitrogens with one attached hydrogen (secondary N) is 4. The Kier molecular flexibility index (Phi) is 14.8. The number of carbonyl (C=O) groups is 5. The van der Waals surface area contributed by atoms with Crippen LogP contribution < -0.4 is 21.3 Å². The van der Waals surface area contributed by atoms with Crippen LogP contribution in [0.3, 0.4) is 0 Å². The van der Waals surface area contributed by atoms with Crippen LogP contribution in [-0.2, 0) is 28.6 Å². The van der Waals surface area contributed by atoms with Gasteiger partial charge in [-0.1, -0.05) is 27.7 Å². The lowest BCUT2D eigenvalue weighted by molar-refractivity contribution is -0.147. The highest BCUT2D eigenvalue weighted by molar-refractivity contribution is 7.80. The van der Waals surface area contributed by atoms with E-state index in [4.69, 9.17) is 14.2 Å². The van der Waals surface area contributed by atoms with E-state index in [1.807, 2.05) is 27.7 Å². The minimum atomic E-state index is -1.23. The summed E-state index contributed by atoms with van der Waals surface area (Å²) >= 11 is 4.05. The minimum absolute atomic E-state index is 0.0592. The third-order valence-corrected chi connectivity index (χ3v) is 4.16. The van der Waals surface area contributed by atoms with Crippen LogP contribution in [0.5, 0.6) is 0 Å². The predicted molar refractivity (Wildman–Crippen MR) is 132 cm³/mol. The molecule has 2 atom stereocenters. The Morgan fingerprint density at radius 2 is 1.40 bits per heavy atom. The Bertz CT molecular complexity index is 725. The van der Waals surface area contributed by atoms with Crippen molar-refractivity contribution in [2.24, 2.45) is 11.8 Å². The lowest BCUT2D eigenvalue weighted by Crippen LogP contribution is -2.55. The lowest BCUT2D eigenvalue weighted by Gasteiger charge is -2.23. The third-order valence-electron chi connectivity index (χ3n) is 3.79. The van der Waals surface area contributed by atoms with Gasteiger partial charge in [-0.3, -0.25) is 9.59 Å². The van der Waals surface area contributed by atoms with E-state index in [0.29, 0.717) is 0 Å².